The predicted molar refractivity (Wildman–Crippen MR) is 83.3 cm³/mol. The van der Waals surface area contributed by atoms with Gasteiger partial charge in [0.2, 0.25) is 0 Å². The molecule has 3 rings (SSSR count). The fraction of sp³-hybridized carbons (Fsp3) is 0.941. The normalized spacial score (nSPS) is 32.8. The molecule has 0 aromatic carbocycles. The topological polar surface area (TPSA) is 52.6 Å². The zero-order valence-electron chi connectivity index (χ0n) is 13.1. The third kappa shape index (κ3) is 3.98. The molecule has 0 amide bonds. The van der Waals surface area contributed by atoms with Crippen molar-refractivity contribution in [1.29, 1.82) is 0 Å². The Labute approximate surface area is 128 Å². The first-order valence-corrected chi connectivity index (χ1v) is 8.92. The Morgan fingerprint density at radius 1 is 1.05 bits per heavy atom. The molecule has 0 bridgehead atoms. The van der Waals surface area contributed by atoms with Gasteiger partial charge in [-0.15, -0.1) is 0 Å². The van der Waals surface area contributed by atoms with Gasteiger partial charge >= 0.3 is 5.97 Å². The van der Waals surface area contributed by atoms with Gasteiger partial charge in [-0.25, -0.2) is 0 Å². The van der Waals surface area contributed by atoms with E-state index in [2.05, 4.69) is 10.2 Å². The van der Waals surface area contributed by atoms with E-state index in [1.807, 2.05) is 0 Å². The Kier molecular flexibility index (Phi) is 5.17. The summed E-state index contributed by atoms with van der Waals surface area (Å²) in [6.45, 7) is 2.91. The van der Waals surface area contributed by atoms with Crippen LogP contribution in [-0.4, -0.2) is 47.7 Å². The molecule has 1 saturated heterocycles. The average molecular weight is 294 g/mol. The van der Waals surface area contributed by atoms with Gasteiger partial charge in [0.1, 0.15) is 0 Å². The first-order chi connectivity index (χ1) is 10.2. The second-order valence-electron chi connectivity index (χ2n) is 7.42. The highest BCUT2D eigenvalue weighted by Gasteiger charge is 2.35. The van der Waals surface area contributed by atoms with E-state index in [0.29, 0.717) is 12.1 Å². The predicted octanol–water partition coefficient (Wildman–Crippen LogP) is 2.48. The third-order valence-corrected chi connectivity index (χ3v) is 5.84. The number of hydrogen-bond donors (Lipinski definition) is 2. The van der Waals surface area contributed by atoms with Crippen LogP contribution in [0.5, 0.6) is 0 Å². The van der Waals surface area contributed by atoms with Crippen molar-refractivity contribution < 1.29 is 9.90 Å². The van der Waals surface area contributed by atoms with Crippen molar-refractivity contribution in [2.75, 3.05) is 19.6 Å². The Morgan fingerprint density at radius 2 is 1.81 bits per heavy atom. The number of carboxylic acid groups (broad SMARTS) is 1. The third-order valence-electron chi connectivity index (χ3n) is 5.84. The van der Waals surface area contributed by atoms with Crippen molar-refractivity contribution in [1.82, 2.24) is 10.2 Å². The van der Waals surface area contributed by atoms with Crippen molar-refractivity contribution in [3.05, 3.63) is 0 Å². The lowest BCUT2D eigenvalue weighted by Gasteiger charge is -2.43. The van der Waals surface area contributed by atoms with Crippen LogP contribution in [0.3, 0.4) is 0 Å². The summed E-state index contributed by atoms with van der Waals surface area (Å²) < 4.78 is 0. The number of aliphatic carboxylic acids is 1. The molecule has 0 radical (unpaired) electrons. The van der Waals surface area contributed by atoms with Gasteiger partial charge in [-0.1, -0.05) is 25.7 Å². The van der Waals surface area contributed by atoms with E-state index in [1.165, 1.54) is 51.4 Å². The summed E-state index contributed by atoms with van der Waals surface area (Å²) in [5.74, 6) is 0.0591. The Balaban J connectivity index is 1.55. The molecule has 120 valence electrons. The molecule has 1 heterocycles. The standard InChI is InChI=1S/C17H30N2O2/c20-17(21)14-9-15(18-10-13-5-4-6-13)12-19(11-14)16-7-2-1-3-8-16/h13-16,18H,1-12H2,(H,20,21). The van der Waals surface area contributed by atoms with E-state index < -0.39 is 5.97 Å². The minimum absolute atomic E-state index is 0.181. The number of rotatable bonds is 5. The highest BCUT2D eigenvalue weighted by atomic mass is 16.4. The van der Waals surface area contributed by atoms with Gasteiger partial charge in [0, 0.05) is 25.2 Å². The quantitative estimate of drug-likeness (QED) is 0.818. The number of carbonyl (C=O) groups is 1. The van der Waals surface area contributed by atoms with E-state index in [9.17, 15) is 9.90 Å². The second kappa shape index (κ2) is 7.10. The van der Waals surface area contributed by atoms with Crippen LogP contribution >= 0.6 is 0 Å². The molecule has 2 N–H and O–H groups in total. The molecule has 4 heteroatoms. The van der Waals surface area contributed by atoms with Crippen molar-refractivity contribution in [2.45, 2.75) is 69.9 Å². The van der Waals surface area contributed by atoms with Crippen LogP contribution in [0, 0.1) is 11.8 Å². The van der Waals surface area contributed by atoms with Crippen LogP contribution in [0.4, 0.5) is 0 Å². The minimum Gasteiger partial charge on any atom is -0.481 e. The van der Waals surface area contributed by atoms with Gasteiger partial charge < -0.3 is 10.4 Å². The zero-order chi connectivity index (χ0) is 14.7. The van der Waals surface area contributed by atoms with Crippen LogP contribution in [0.25, 0.3) is 0 Å². The summed E-state index contributed by atoms with van der Waals surface area (Å²) in [5.41, 5.74) is 0. The van der Waals surface area contributed by atoms with Gasteiger partial charge in [0.05, 0.1) is 5.92 Å². The van der Waals surface area contributed by atoms with Crippen LogP contribution in [0.2, 0.25) is 0 Å². The molecule has 2 aliphatic carbocycles. The molecule has 0 aromatic rings. The first kappa shape index (κ1) is 15.3. The molecule has 3 fully saturated rings. The highest BCUT2D eigenvalue weighted by molar-refractivity contribution is 5.70. The first-order valence-electron chi connectivity index (χ1n) is 8.92. The van der Waals surface area contributed by atoms with E-state index in [4.69, 9.17) is 0 Å². The molecular weight excluding hydrogens is 264 g/mol. The maximum absolute atomic E-state index is 11.5. The molecule has 21 heavy (non-hydrogen) atoms. The maximum atomic E-state index is 11.5. The van der Waals surface area contributed by atoms with E-state index in [1.54, 1.807) is 0 Å². The summed E-state index contributed by atoms with van der Waals surface area (Å²) in [6.07, 6.45) is 11.4. The van der Waals surface area contributed by atoms with Crippen LogP contribution in [-0.2, 0) is 4.79 Å². The summed E-state index contributed by atoms with van der Waals surface area (Å²) >= 11 is 0. The number of piperidine rings is 1. The number of nitrogens with one attached hydrogen (secondary N) is 1. The monoisotopic (exact) mass is 294 g/mol. The van der Waals surface area contributed by atoms with Gasteiger partial charge in [-0.05, 0) is 44.6 Å². The van der Waals surface area contributed by atoms with Crippen LogP contribution < -0.4 is 5.32 Å². The van der Waals surface area contributed by atoms with Crippen molar-refractivity contribution in [3.8, 4) is 0 Å². The van der Waals surface area contributed by atoms with Crippen molar-refractivity contribution in [3.63, 3.8) is 0 Å². The molecule has 2 saturated carbocycles. The molecule has 3 aliphatic rings. The fourth-order valence-corrected chi connectivity index (χ4v) is 4.23. The summed E-state index contributed by atoms with van der Waals surface area (Å²) in [6, 6.07) is 1.01. The summed E-state index contributed by atoms with van der Waals surface area (Å²) in [4.78, 5) is 14.0. The van der Waals surface area contributed by atoms with E-state index >= 15 is 0 Å². The molecule has 2 atom stereocenters. The molecule has 0 aromatic heterocycles. The number of hydrogen-bond acceptors (Lipinski definition) is 3. The Morgan fingerprint density at radius 3 is 2.43 bits per heavy atom. The van der Waals surface area contributed by atoms with Gasteiger partial charge in [0.25, 0.3) is 0 Å². The van der Waals surface area contributed by atoms with Gasteiger partial charge in [-0.2, -0.15) is 0 Å². The molecule has 4 nitrogen and oxygen atoms in total. The smallest absolute Gasteiger partial charge is 0.307 e. The highest BCUT2D eigenvalue weighted by Crippen LogP contribution is 2.29. The SMILES string of the molecule is O=C(O)C1CC(NCC2CCC2)CN(C2CCCCC2)C1. The average Bonchev–Trinajstić information content (AvgIpc) is 2.46. The lowest BCUT2D eigenvalue weighted by Crippen LogP contribution is -2.55. The van der Waals surface area contributed by atoms with Gasteiger partial charge in [0.15, 0.2) is 0 Å². The zero-order valence-corrected chi connectivity index (χ0v) is 13.1. The number of likely N-dealkylation sites (tertiary alicyclic amines) is 1. The second-order valence-corrected chi connectivity index (χ2v) is 7.42. The molecule has 2 unspecified atom stereocenters. The number of nitrogens with zero attached hydrogens (tertiary/aromatic N) is 1. The Hall–Kier alpha value is -0.610. The molecule has 0 spiro atoms. The van der Waals surface area contributed by atoms with Gasteiger partial charge in [-0.3, -0.25) is 9.69 Å². The molecule has 1 aliphatic heterocycles. The summed E-state index contributed by atoms with van der Waals surface area (Å²) in [5, 5.41) is 13.1. The van der Waals surface area contributed by atoms with Crippen molar-refractivity contribution in [2.24, 2.45) is 11.8 Å². The lowest BCUT2D eigenvalue weighted by molar-refractivity contribution is -0.144. The minimum atomic E-state index is -0.606. The van der Waals surface area contributed by atoms with E-state index in [-0.39, 0.29) is 5.92 Å². The lowest BCUT2D eigenvalue weighted by atomic mass is 9.84. The largest absolute Gasteiger partial charge is 0.481 e. The number of carboxylic acids is 1. The van der Waals surface area contributed by atoms with Crippen LogP contribution in [0.15, 0.2) is 0 Å². The summed E-state index contributed by atoms with van der Waals surface area (Å²) in [7, 11) is 0. The Bertz CT molecular complexity index is 351. The van der Waals surface area contributed by atoms with E-state index in [0.717, 1.165) is 32.0 Å². The fourth-order valence-electron chi connectivity index (χ4n) is 4.23. The maximum Gasteiger partial charge on any atom is 0.307 e. The van der Waals surface area contributed by atoms with Crippen LogP contribution in [0.1, 0.15) is 57.8 Å². The van der Waals surface area contributed by atoms with Crippen molar-refractivity contribution >= 4 is 5.97 Å². The molecular formula is C17H30N2O2.